The predicted octanol–water partition coefficient (Wildman–Crippen LogP) is 2.45. The fourth-order valence-corrected chi connectivity index (χ4v) is 0.870. The van der Waals surface area contributed by atoms with E-state index in [1.165, 1.54) is 0 Å². The Bertz CT molecular complexity index is 88.9. The van der Waals surface area contributed by atoms with Crippen LogP contribution in [-0.2, 0) is 0 Å². The first kappa shape index (κ1) is 9.18. The van der Waals surface area contributed by atoms with Gasteiger partial charge in [-0.3, -0.25) is 0 Å². The molecule has 0 saturated carbocycles. The summed E-state index contributed by atoms with van der Waals surface area (Å²) < 4.78 is 1.02. The Balaban J connectivity index is 3.01. The third kappa shape index (κ3) is 8.18. The van der Waals surface area contributed by atoms with Crippen LogP contribution in [0.1, 0.15) is 26.2 Å². The molecule has 1 nitrogen and oxygen atoms in total. The van der Waals surface area contributed by atoms with Gasteiger partial charge < -0.3 is 5.11 Å². The maximum Gasteiger partial charge on any atom is 0.0512 e. The number of aliphatic hydroxyl groups is 1. The van der Waals surface area contributed by atoms with Crippen LogP contribution in [-0.4, -0.2) is 11.2 Å². The van der Waals surface area contributed by atoms with Crippen molar-refractivity contribution in [3.8, 4) is 0 Å². The zero-order valence-corrected chi connectivity index (χ0v) is 7.32. The number of hydrogen-bond donors (Lipinski definition) is 1. The van der Waals surface area contributed by atoms with Crippen molar-refractivity contribution >= 4 is 15.9 Å². The van der Waals surface area contributed by atoms with Gasteiger partial charge in [0.05, 0.1) is 6.10 Å². The second-order valence-electron chi connectivity index (χ2n) is 2.26. The summed E-state index contributed by atoms with van der Waals surface area (Å²) in [6.45, 7) is 5.49. The highest BCUT2D eigenvalue weighted by atomic mass is 79.9. The van der Waals surface area contributed by atoms with E-state index in [4.69, 9.17) is 5.11 Å². The van der Waals surface area contributed by atoms with Crippen molar-refractivity contribution in [1.82, 2.24) is 0 Å². The molecule has 1 atom stereocenters. The summed E-state index contributed by atoms with van der Waals surface area (Å²) in [6.07, 6.45) is 2.67. The van der Waals surface area contributed by atoms with E-state index >= 15 is 0 Å². The van der Waals surface area contributed by atoms with E-state index in [2.05, 4.69) is 22.5 Å². The molecule has 2 heteroatoms. The standard InChI is InChI=1S/C7H13BrO/c1-6(8)4-3-5-7(2)9/h7,9H,1,3-5H2,2H3. The lowest BCUT2D eigenvalue weighted by molar-refractivity contribution is 0.182. The fourth-order valence-electron chi connectivity index (χ4n) is 0.589. The topological polar surface area (TPSA) is 20.2 Å². The van der Waals surface area contributed by atoms with Gasteiger partial charge in [0.25, 0.3) is 0 Å². The fraction of sp³-hybridized carbons (Fsp3) is 0.714. The van der Waals surface area contributed by atoms with Crippen molar-refractivity contribution in [2.75, 3.05) is 0 Å². The summed E-state index contributed by atoms with van der Waals surface area (Å²) >= 11 is 3.25. The maximum atomic E-state index is 8.82. The molecule has 0 saturated heterocycles. The van der Waals surface area contributed by atoms with Gasteiger partial charge in [-0.15, -0.1) is 0 Å². The quantitative estimate of drug-likeness (QED) is 0.726. The lowest BCUT2D eigenvalue weighted by Gasteiger charge is -2.01. The summed E-state index contributed by atoms with van der Waals surface area (Å²) in [5.74, 6) is 0. The zero-order valence-electron chi connectivity index (χ0n) is 5.73. The van der Waals surface area contributed by atoms with Crippen molar-refractivity contribution in [2.45, 2.75) is 32.3 Å². The number of rotatable bonds is 4. The van der Waals surface area contributed by atoms with Crippen LogP contribution in [0.15, 0.2) is 11.1 Å². The number of hydrogen-bond acceptors (Lipinski definition) is 1. The first-order chi connectivity index (χ1) is 4.13. The summed E-state index contributed by atoms with van der Waals surface area (Å²) in [5, 5.41) is 8.82. The molecular formula is C7H13BrO. The molecule has 0 fully saturated rings. The van der Waals surface area contributed by atoms with Gasteiger partial charge in [0.1, 0.15) is 0 Å². The molecule has 0 aliphatic carbocycles. The van der Waals surface area contributed by atoms with Crippen molar-refractivity contribution in [2.24, 2.45) is 0 Å². The molecule has 1 N–H and O–H groups in total. The summed E-state index contributed by atoms with van der Waals surface area (Å²) in [4.78, 5) is 0. The van der Waals surface area contributed by atoms with Gasteiger partial charge in [0.15, 0.2) is 0 Å². The van der Waals surface area contributed by atoms with Gasteiger partial charge in [-0.1, -0.05) is 22.5 Å². The van der Waals surface area contributed by atoms with E-state index in [9.17, 15) is 0 Å². The van der Waals surface area contributed by atoms with Crippen LogP contribution in [0.5, 0.6) is 0 Å². The van der Waals surface area contributed by atoms with Crippen LogP contribution < -0.4 is 0 Å². The SMILES string of the molecule is C=C(Br)CCCC(C)O. The Morgan fingerprint density at radius 3 is 2.67 bits per heavy atom. The highest BCUT2D eigenvalue weighted by Gasteiger charge is 1.94. The van der Waals surface area contributed by atoms with Crippen molar-refractivity contribution < 1.29 is 5.11 Å². The van der Waals surface area contributed by atoms with Crippen LogP contribution in [0.4, 0.5) is 0 Å². The Labute approximate surface area is 64.9 Å². The highest BCUT2D eigenvalue weighted by molar-refractivity contribution is 9.11. The lowest BCUT2D eigenvalue weighted by Crippen LogP contribution is -1.97. The number of halogens is 1. The Morgan fingerprint density at radius 2 is 2.33 bits per heavy atom. The Morgan fingerprint density at radius 1 is 1.78 bits per heavy atom. The third-order valence-electron chi connectivity index (χ3n) is 1.07. The van der Waals surface area contributed by atoms with E-state index in [-0.39, 0.29) is 6.10 Å². The normalized spacial score (nSPS) is 13.2. The number of allylic oxidation sites excluding steroid dienone is 1. The van der Waals surface area contributed by atoms with Crippen molar-refractivity contribution in [1.29, 1.82) is 0 Å². The third-order valence-corrected chi connectivity index (χ3v) is 1.47. The Kier molecular flexibility index (Phi) is 5.10. The molecule has 0 radical (unpaired) electrons. The average Bonchev–Trinajstić information content (AvgIpc) is 1.63. The minimum absolute atomic E-state index is 0.170. The van der Waals surface area contributed by atoms with E-state index in [0.29, 0.717) is 0 Å². The molecule has 0 rings (SSSR count). The van der Waals surface area contributed by atoms with E-state index in [1.54, 1.807) is 6.92 Å². The summed E-state index contributed by atoms with van der Waals surface area (Å²) in [7, 11) is 0. The van der Waals surface area contributed by atoms with Crippen LogP contribution in [0, 0.1) is 0 Å². The van der Waals surface area contributed by atoms with Gasteiger partial charge in [-0.2, -0.15) is 0 Å². The molecule has 0 aromatic carbocycles. The van der Waals surface area contributed by atoms with Gasteiger partial charge in [-0.05, 0) is 30.7 Å². The molecule has 0 aromatic rings. The molecule has 9 heavy (non-hydrogen) atoms. The predicted molar refractivity (Wildman–Crippen MR) is 43.6 cm³/mol. The minimum atomic E-state index is -0.170. The maximum absolute atomic E-state index is 8.82. The summed E-state index contributed by atoms with van der Waals surface area (Å²) in [5.41, 5.74) is 0. The second kappa shape index (κ2) is 5.00. The molecule has 0 aliphatic rings. The van der Waals surface area contributed by atoms with Gasteiger partial charge in [0, 0.05) is 0 Å². The first-order valence-electron chi connectivity index (χ1n) is 3.14. The van der Waals surface area contributed by atoms with Crippen LogP contribution >= 0.6 is 15.9 Å². The molecule has 54 valence electrons. The van der Waals surface area contributed by atoms with Gasteiger partial charge in [-0.25, -0.2) is 0 Å². The zero-order chi connectivity index (χ0) is 7.28. The van der Waals surface area contributed by atoms with Crippen molar-refractivity contribution in [3.63, 3.8) is 0 Å². The lowest BCUT2D eigenvalue weighted by atomic mass is 10.2. The van der Waals surface area contributed by atoms with E-state index in [0.717, 1.165) is 23.7 Å². The van der Waals surface area contributed by atoms with Crippen LogP contribution in [0.3, 0.4) is 0 Å². The highest BCUT2D eigenvalue weighted by Crippen LogP contribution is 2.11. The number of aliphatic hydroxyl groups excluding tert-OH is 1. The molecular weight excluding hydrogens is 180 g/mol. The molecule has 0 spiro atoms. The molecule has 0 heterocycles. The van der Waals surface area contributed by atoms with Gasteiger partial charge in [0.2, 0.25) is 0 Å². The molecule has 0 aromatic heterocycles. The molecule has 0 amide bonds. The van der Waals surface area contributed by atoms with Gasteiger partial charge >= 0.3 is 0 Å². The summed E-state index contributed by atoms with van der Waals surface area (Å²) in [6, 6.07) is 0. The molecule has 0 aliphatic heterocycles. The second-order valence-corrected chi connectivity index (χ2v) is 3.38. The molecule has 1 unspecified atom stereocenters. The van der Waals surface area contributed by atoms with Crippen LogP contribution in [0.25, 0.3) is 0 Å². The van der Waals surface area contributed by atoms with E-state index < -0.39 is 0 Å². The smallest absolute Gasteiger partial charge is 0.0512 e. The monoisotopic (exact) mass is 192 g/mol. The Hall–Kier alpha value is 0.180. The van der Waals surface area contributed by atoms with Crippen LogP contribution in [0.2, 0.25) is 0 Å². The van der Waals surface area contributed by atoms with E-state index in [1.807, 2.05) is 0 Å². The first-order valence-corrected chi connectivity index (χ1v) is 3.93. The largest absolute Gasteiger partial charge is 0.393 e. The van der Waals surface area contributed by atoms with Crippen molar-refractivity contribution in [3.05, 3.63) is 11.1 Å². The average molecular weight is 193 g/mol. The minimum Gasteiger partial charge on any atom is -0.393 e. The molecule has 0 bridgehead atoms.